The van der Waals surface area contributed by atoms with Crippen molar-refractivity contribution >= 4 is 18.3 Å². The molecule has 3 atom stereocenters. The van der Waals surface area contributed by atoms with Crippen LogP contribution in [0.3, 0.4) is 0 Å². The van der Waals surface area contributed by atoms with Crippen molar-refractivity contribution in [1.29, 1.82) is 0 Å². The van der Waals surface area contributed by atoms with Gasteiger partial charge in [0.25, 0.3) is 0 Å². The van der Waals surface area contributed by atoms with Crippen molar-refractivity contribution in [2.45, 2.75) is 64.2 Å². The van der Waals surface area contributed by atoms with Gasteiger partial charge in [-0.05, 0) is 26.2 Å². The number of hydrogen-bond acceptors (Lipinski definition) is 4. The highest BCUT2D eigenvalue weighted by Gasteiger charge is 2.21. The number of unbranched alkanes of at least 4 members (excludes halogenated alkanes) is 1. The van der Waals surface area contributed by atoms with E-state index in [0.29, 0.717) is 13.2 Å². The summed E-state index contributed by atoms with van der Waals surface area (Å²) < 4.78 is 11.0. The number of amides is 1. The highest BCUT2D eigenvalue weighted by Crippen LogP contribution is 2.12. The van der Waals surface area contributed by atoms with Crippen molar-refractivity contribution in [2.24, 2.45) is 5.73 Å². The molecule has 1 fully saturated rings. The molecule has 0 aromatic heterocycles. The molecule has 0 saturated carbocycles. The van der Waals surface area contributed by atoms with Gasteiger partial charge in [-0.2, -0.15) is 0 Å². The molecule has 120 valence electrons. The van der Waals surface area contributed by atoms with E-state index in [-0.39, 0.29) is 30.5 Å². The lowest BCUT2D eigenvalue weighted by Gasteiger charge is -2.20. The molecule has 1 rings (SSSR count). The number of hydrogen-bond donors (Lipinski definition) is 2. The van der Waals surface area contributed by atoms with Crippen molar-refractivity contribution < 1.29 is 14.3 Å². The van der Waals surface area contributed by atoms with Crippen LogP contribution < -0.4 is 11.1 Å². The molecular weight excluding hydrogens is 280 g/mol. The van der Waals surface area contributed by atoms with Crippen LogP contribution in [0.5, 0.6) is 0 Å². The first-order valence-electron chi connectivity index (χ1n) is 7.41. The molecule has 20 heavy (non-hydrogen) atoms. The second kappa shape index (κ2) is 11.3. The fraction of sp³-hybridized carbons (Fsp3) is 0.929. The fourth-order valence-electron chi connectivity index (χ4n) is 2.12. The minimum absolute atomic E-state index is 0. The number of ether oxygens (including phenoxy) is 2. The summed E-state index contributed by atoms with van der Waals surface area (Å²) in [5, 5.41) is 2.95. The number of halogens is 1. The quantitative estimate of drug-likeness (QED) is 0.679. The van der Waals surface area contributed by atoms with Gasteiger partial charge < -0.3 is 20.5 Å². The summed E-state index contributed by atoms with van der Waals surface area (Å²) in [5.41, 5.74) is 5.66. The van der Waals surface area contributed by atoms with Crippen molar-refractivity contribution in [3.8, 4) is 0 Å². The van der Waals surface area contributed by atoms with E-state index in [0.717, 1.165) is 38.7 Å². The van der Waals surface area contributed by atoms with Crippen molar-refractivity contribution in [3.05, 3.63) is 0 Å². The highest BCUT2D eigenvalue weighted by molar-refractivity contribution is 5.85. The maximum Gasteiger partial charge on any atom is 0.249 e. The molecule has 3 unspecified atom stereocenters. The SMILES string of the molecule is CCCCC(CN)NC(=O)C(C)OCC1CCCO1.Cl. The number of carbonyl (C=O) groups is 1. The average molecular weight is 309 g/mol. The predicted molar refractivity (Wildman–Crippen MR) is 82.1 cm³/mol. The minimum Gasteiger partial charge on any atom is -0.376 e. The van der Waals surface area contributed by atoms with Crippen LogP contribution in [-0.4, -0.2) is 43.9 Å². The molecule has 0 spiro atoms. The van der Waals surface area contributed by atoms with Crippen LogP contribution in [0.25, 0.3) is 0 Å². The van der Waals surface area contributed by atoms with Crippen molar-refractivity contribution in [3.63, 3.8) is 0 Å². The molecular formula is C14H29ClN2O3. The summed E-state index contributed by atoms with van der Waals surface area (Å²) in [6.07, 6.45) is 4.93. The van der Waals surface area contributed by atoms with Gasteiger partial charge in [-0.25, -0.2) is 0 Å². The summed E-state index contributed by atoms with van der Waals surface area (Å²) >= 11 is 0. The number of nitrogens with one attached hydrogen (secondary N) is 1. The van der Waals surface area contributed by atoms with E-state index in [1.807, 2.05) is 0 Å². The molecule has 6 heteroatoms. The summed E-state index contributed by atoms with van der Waals surface area (Å²) in [6.45, 7) is 5.68. The monoisotopic (exact) mass is 308 g/mol. The molecule has 0 aromatic carbocycles. The van der Waals surface area contributed by atoms with Crippen LogP contribution in [-0.2, 0) is 14.3 Å². The lowest BCUT2D eigenvalue weighted by molar-refractivity contribution is -0.134. The average Bonchev–Trinajstić information content (AvgIpc) is 2.93. The van der Waals surface area contributed by atoms with Crippen LogP contribution in [0.1, 0.15) is 46.0 Å². The lowest BCUT2D eigenvalue weighted by Crippen LogP contribution is -2.45. The fourth-order valence-corrected chi connectivity index (χ4v) is 2.12. The van der Waals surface area contributed by atoms with E-state index in [2.05, 4.69) is 12.2 Å². The zero-order valence-corrected chi connectivity index (χ0v) is 13.4. The molecule has 0 bridgehead atoms. The first-order chi connectivity index (χ1) is 9.17. The molecule has 1 saturated heterocycles. The van der Waals surface area contributed by atoms with E-state index in [1.54, 1.807) is 6.92 Å². The standard InChI is InChI=1S/C14H28N2O3.ClH/c1-3-4-6-12(9-15)16-14(17)11(2)19-10-13-7-5-8-18-13;/h11-13H,3-10,15H2,1-2H3,(H,16,17);1H. The number of rotatable bonds is 9. The van der Waals surface area contributed by atoms with Crippen LogP contribution in [0.15, 0.2) is 0 Å². The normalized spacial score (nSPS) is 21.1. The van der Waals surface area contributed by atoms with Gasteiger partial charge in [-0.3, -0.25) is 4.79 Å². The molecule has 1 aliphatic heterocycles. The van der Waals surface area contributed by atoms with Crippen LogP contribution in [0.4, 0.5) is 0 Å². The Morgan fingerprint density at radius 1 is 1.55 bits per heavy atom. The molecule has 1 heterocycles. The maximum atomic E-state index is 11.9. The van der Waals surface area contributed by atoms with Gasteiger partial charge in [0.15, 0.2) is 0 Å². The van der Waals surface area contributed by atoms with Crippen LogP contribution >= 0.6 is 12.4 Å². The predicted octanol–water partition coefficient (Wildman–Crippen LogP) is 1.63. The van der Waals surface area contributed by atoms with E-state index < -0.39 is 6.10 Å². The largest absolute Gasteiger partial charge is 0.376 e. The third-order valence-corrected chi connectivity index (χ3v) is 3.46. The van der Waals surface area contributed by atoms with Gasteiger partial charge in [0.2, 0.25) is 5.91 Å². The molecule has 1 aliphatic rings. The summed E-state index contributed by atoms with van der Waals surface area (Å²) in [7, 11) is 0. The minimum atomic E-state index is -0.445. The van der Waals surface area contributed by atoms with Gasteiger partial charge in [0.05, 0.1) is 12.7 Å². The third-order valence-electron chi connectivity index (χ3n) is 3.46. The smallest absolute Gasteiger partial charge is 0.249 e. The lowest BCUT2D eigenvalue weighted by atomic mass is 10.1. The Morgan fingerprint density at radius 3 is 2.85 bits per heavy atom. The Hall–Kier alpha value is -0.360. The van der Waals surface area contributed by atoms with Gasteiger partial charge >= 0.3 is 0 Å². The first kappa shape index (κ1) is 19.6. The summed E-state index contributed by atoms with van der Waals surface area (Å²) in [6, 6.07) is 0.0567. The Balaban J connectivity index is 0.00000361. The van der Waals surface area contributed by atoms with Crippen LogP contribution in [0.2, 0.25) is 0 Å². The molecule has 0 aromatic rings. The Labute approximate surface area is 128 Å². The third kappa shape index (κ3) is 7.43. The number of nitrogens with two attached hydrogens (primary N) is 1. The molecule has 0 radical (unpaired) electrons. The zero-order chi connectivity index (χ0) is 14.1. The van der Waals surface area contributed by atoms with Gasteiger partial charge in [-0.1, -0.05) is 19.8 Å². The Morgan fingerprint density at radius 2 is 2.30 bits per heavy atom. The Bertz CT molecular complexity index is 261. The van der Waals surface area contributed by atoms with Crippen molar-refractivity contribution in [2.75, 3.05) is 19.8 Å². The van der Waals surface area contributed by atoms with E-state index >= 15 is 0 Å². The maximum absolute atomic E-state index is 11.9. The molecule has 5 nitrogen and oxygen atoms in total. The zero-order valence-electron chi connectivity index (χ0n) is 12.6. The summed E-state index contributed by atoms with van der Waals surface area (Å²) in [4.78, 5) is 11.9. The van der Waals surface area contributed by atoms with E-state index in [4.69, 9.17) is 15.2 Å². The summed E-state index contributed by atoms with van der Waals surface area (Å²) in [5.74, 6) is -0.0791. The topological polar surface area (TPSA) is 73.6 Å². The highest BCUT2D eigenvalue weighted by atomic mass is 35.5. The van der Waals surface area contributed by atoms with E-state index in [1.165, 1.54) is 0 Å². The van der Waals surface area contributed by atoms with E-state index in [9.17, 15) is 4.79 Å². The van der Waals surface area contributed by atoms with Gasteiger partial charge in [0, 0.05) is 19.2 Å². The number of carbonyl (C=O) groups excluding carboxylic acids is 1. The van der Waals surface area contributed by atoms with Gasteiger partial charge in [0.1, 0.15) is 6.10 Å². The van der Waals surface area contributed by atoms with Gasteiger partial charge in [-0.15, -0.1) is 12.4 Å². The molecule has 0 aliphatic carbocycles. The second-order valence-corrected chi connectivity index (χ2v) is 5.19. The second-order valence-electron chi connectivity index (χ2n) is 5.19. The van der Waals surface area contributed by atoms with Crippen LogP contribution in [0, 0.1) is 0 Å². The molecule has 1 amide bonds. The van der Waals surface area contributed by atoms with Crippen molar-refractivity contribution in [1.82, 2.24) is 5.32 Å². The molecule has 3 N–H and O–H groups in total. The Kier molecular flexibility index (Phi) is 11.1. The first-order valence-corrected chi connectivity index (χ1v) is 7.41.